The smallest absolute Gasteiger partial charge is 0.322 e. The number of nitro groups is 1. The van der Waals surface area contributed by atoms with Crippen LogP contribution in [0.15, 0.2) is 18.2 Å². The number of non-ortho nitro benzene ring substituents is 1. The van der Waals surface area contributed by atoms with Gasteiger partial charge in [-0.25, -0.2) is 0 Å². The molecule has 3 rings (SSSR count). The van der Waals surface area contributed by atoms with Crippen molar-refractivity contribution in [3.63, 3.8) is 0 Å². The maximum absolute atomic E-state index is 12.0. The Kier molecular flexibility index (Phi) is 2.34. The SMILES string of the molecule is O=C1Oc2cc([N+](=O)[O-])ccc2C12CCOCC2. The number of esters is 1. The number of rotatable bonds is 1. The normalized spacial score (nSPS) is 20.6. The van der Waals surface area contributed by atoms with E-state index in [4.69, 9.17) is 9.47 Å². The lowest BCUT2D eigenvalue weighted by atomic mass is 9.75. The zero-order valence-electron chi connectivity index (χ0n) is 9.55. The Bertz CT molecular complexity index is 533. The quantitative estimate of drug-likeness (QED) is 0.326. The van der Waals surface area contributed by atoms with Gasteiger partial charge >= 0.3 is 5.97 Å². The first-order chi connectivity index (χ1) is 8.63. The van der Waals surface area contributed by atoms with E-state index in [0.29, 0.717) is 31.8 Å². The summed E-state index contributed by atoms with van der Waals surface area (Å²) < 4.78 is 10.5. The summed E-state index contributed by atoms with van der Waals surface area (Å²) in [5, 5.41) is 10.7. The fraction of sp³-hybridized carbons (Fsp3) is 0.417. The summed E-state index contributed by atoms with van der Waals surface area (Å²) in [4.78, 5) is 22.2. The monoisotopic (exact) mass is 249 g/mol. The summed E-state index contributed by atoms with van der Waals surface area (Å²) in [5.41, 5.74) is 0.0231. The van der Waals surface area contributed by atoms with E-state index in [1.54, 1.807) is 6.07 Å². The lowest BCUT2D eigenvalue weighted by molar-refractivity contribution is -0.384. The number of nitro benzene ring substituents is 1. The first-order valence-electron chi connectivity index (χ1n) is 5.72. The van der Waals surface area contributed by atoms with Crippen molar-refractivity contribution in [2.75, 3.05) is 13.2 Å². The molecule has 0 bridgehead atoms. The van der Waals surface area contributed by atoms with E-state index in [1.807, 2.05) is 0 Å². The van der Waals surface area contributed by atoms with Crippen LogP contribution < -0.4 is 4.74 Å². The Balaban J connectivity index is 2.08. The molecule has 18 heavy (non-hydrogen) atoms. The minimum Gasteiger partial charge on any atom is -0.425 e. The average Bonchev–Trinajstić information content (AvgIpc) is 2.63. The van der Waals surface area contributed by atoms with E-state index in [1.165, 1.54) is 12.1 Å². The molecule has 0 aliphatic carbocycles. The highest BCUT2D eigenvalue weighted by molar-refractivity contribution is 5.91. The Morgan fingerprint density at radius 1 is 1.28 bits per heavy atom. The maximum Gasteiger partial charge on any atom is 0.322 e. The first kappa shape index (κ1) is 11.2. The molecular formula is C12H11NO5. The lowest BCUT2D eigenvalue weighted by Crippen LogP contribution is -2.39. The van der Waals surface area contributed by atoms with Crippen LogP contribution in [0.4, 0.5) is 5.69 Å². The van der Waals surface area contributed by atoms with Crippen molar-refractivity contribution < 1.29 is 19.2 Å². The molecule has 2 aliphatic rings. The zero-order chi connectivity index (χ0) is 12.8. The third-order valence-electron chi connectivity index (χ3n) is 3.63. The fourth-order valence-electron chi connectivity index (χ4n) is 2.61. The number of ether oxygens (including phenoxy) is 2. The molecule has 2 aliphatic heterocycles. The number of carbonyl (C=O) groups excluding carboxylic acids is 1. The van der Waals surface area contributed by atoms with Crippen molar-refractivity contribution in [2.45, 2.75) is 18.3 Å². The van der Waals surface area contributed by atoms with E-state index in [-0.39, 0.29) is 11.7 Å². The number of hydrogen-bond donors (Lipinski definition) is 0. The number of nitrogens with zero attached hydrogens (tertiary/aromatic N) is 1. The molecule has 1 aromatic carbocycles. The Labute approximate surface area is 103 Å². The molecule has 0 unspecified atom stereocenters. The molecule has 1 aromatic rings. The van der Waals surface area contributed by atoms with Crippen molar-refractivity contribution >= 4 is 11.7 Å². The van der Waals surface area contributed by atoms with Gasteiger partial charge in [0.15, 0.2) is 0 Å². The second-order valence-electron chi connectivity index (χ2n) is 4.52. The van der Waals surface area contributed by atoms with Crippen molar-refractivity contribution in [2.24, 2.45) is 0 Å². The molecule has 6 nitrogen and oxygen atoms in total. The highest BCUT2D eigenvalue weighted by atomic mass is 16.6. The number of hydrogen-bond acceptors (Lipinski definition) is 5. The highest BCUT2D eigenvalue weighted by Crippen LogP contribution is 2.46. The standard InChI is InChI=1S/C12H11NO5/c14-11-12(3-5-17-6-4-12)9-2-1-8(13(15)16)7-10(9)18-11/h1-2,7H,3-6H2. The van der Waals surface area contributed by atoms with Gasteiger partial charge in [-0.2, -0.15) is 0 Å². The summed E-state index contributed by atoms with van der Waals surface area (Å²) >= 11 is 0. The Morgan fingerprint density at radius 2 is 2.00 bits per heavy atom. The lowest BCUT2D eigenvalue weighted by Gasteiger charge is -2.29. The molecular weight excluding hydrogens is 238 g/mol. The van der Waals surface area contributed by atoms with Crippen LogP contribution in [0.5, 0.6) is 5.75 Å². The molecule has 1 spiro atoms. The van der Waals surface area contributed by atoms with Crippen molar-refractivity contribution in [3.8, 4) is 5.75 Å². The van der Waals surface area contributed by atoms with Gasteiger partial charge in [-0.05, 0) is 18.9 Å². The van der Waals surface area contributed by atoms with Gasteiger partial charge < -0.3 is 9.47 Å². The van der Waals surface area contributed by atoms with Gasteiger partial charge in [-0.1, -0.05) is 0 Å². The predicted molar refractivity (Wildman–Crippen MR) is 60.5 cm³/mol. The van der Waals surface area contributed by atoms with E-state index >= 15 is 0 Å². The van der Waals surface area contributed by atoms with Crippen LogP contribution in [-0.2, 0) is 14.9 Å². The van der Waals surface area contributed by atoms with Crippen molar-refractivity contribution in [3.05, 3.63) is 33.9 Å². The van der Waals surface area contributed by atoms with Crippen LogP contribution in [-0.4, -0.2) is 24.1 Å². The van der Waals surface area contributed by atoms with Gasteiger partial charge in [-0.3, -0.25) is 14.9 Å². The molecule has 0 amide bonds. The largest absolute Gasteiger partial charge is 0.425 e. The summed E-state index contributed by atoms with van der Waals surface area (Å²) in [6, 6.07) is 4.36. The van der Waals surface area contributed by atoms with Crippen LogP contribution in [0.2, 0.25) is 0 Å². The van der Waals surface area contributed by atoms with Crippen LogP contribution in [0.1, 0.15) is 18.4 Å². The van der Waals surface area contributed by atoms with Crippen LogP contribution in [0.3, 0.4) is 0 Å². The van der Waals surface area contributed by atoms with Crippen LogP contribution in [0, 0.1) is 10.1 Å². The summed E-state index contributed by atoms with van der Waals surface area (Å²) in [7, 11) is 0. The number of fused-ring (bicyclic) bond motifs is 2. The first-order valence-corrected chi connectivity index (χ1v) is 5.72. The second kappa shape index (κ2) is 3.78. The summed E-state index contributed by atoms with van der Waals surface area (Å²) in [6.07, 6.45) is 1.13. The number of carbonyl (C=O) groups is 1. The van der Waals surface area contributed by atoms with Gasteiger partial charge in [0.1, 0.15) is 11.2 Å². The summed E-state index contributed by atoms with van der Waals surface area (Å²) in [5.74, 6) is -0.00241. The Morgan fingerprint density at radius 3 is 2.67 bits per heavy atom. The van der Waals surface area contributed by atoms with Crippen molar-refractivity contribution in [1.29, 1.82) is 0 Å². The topological polar surface area (TPSA) is 78.7 Å². The van der Waals surface area contributed by atoms with Gasteiger partial charge in [0, 0.05) is 24.8 Å². The van der Waals surface area contributed by atoms with Crippen molar-refractivity contribution in [1.82, 2.24) is 0 Å². The molecule has 0 aromatic heterocycles. The average molecular weight is 249 g/mol. The summed E-state index contributed by atoms with van der Waals surface area (Å²) in [6.45, 7) is 1.01. The van der Waals surface area contributed by atoms with Gasteiger partial charge in [0.25, 0.3) is 5.69 Å². The number of benzene rings is 1. The minimum absolute atomic E-state index is 0.0642. The molecule has 6 heteroatoms. The van der Waals surface area contributed by atoms with E-state index in [9.17, 15) is 14.9 Å². The third-order valence-corrected chi connectivity index (χ3v) is 3.63. The minimum atomic E-state index is -0.664. The maximum atomic E-state index is 12.0. The van der Waals surface area contributed by atoms with Gasteiger partial charge in [0.05, 0.1) is 11.0 Å². The highest BCUT2D eigenvalue weighted by Gasteiger charge is 2.50. The fourth-order valence-corrected chi connectivity index (χ4v) is 2.61. The molecule has 94 valence electrons. The van der Waals surface area contributed by atoms with Crippen LogP contribution in [0.25, 0.3) is 0 Å². The molecule has 1 saturated heterocycles. The van der Waals surface area contributed by atoms with E-state index in [2.05, 4.69) is 0 Å². The molecule has 0 radical (unpaired) electrons. The molecule has 1 fully saturated rings. The van der Waals surface area contributed by atoms with E-state index in [0.717, 1.165) is 5.56 Å². The van der Waals surface area contributed by atoms with E-state index < -0.39 is 10.3 Å². The Hall–Kier alpha value is -1.95. The molecule has 0 N–H and O–H groups in total. The van der Waals surface area contributed by atoms with Gasteiger partial charge in [-0.15, -0.1) is 0 Å². The van der Waals surface area contributed by atoms with Gasteiger partial charge in [0.2, 0.25) is 0 Å². The molecule has 0 atom stereocenters. The third kappa shape index (κ3) is 1.42. The molecule has 2 heterocycles. The predicted octanol–water partition coefficient (Wildman–Crippen LogP) is 1.56. The molecule has 0 saturated carbocycles. The second-order valence-corrected chi connectivity index (χ2v) is 4.52. The van der Waals surface area contributed by atoms with Crippen LogP contribution >= 0.6 is 0 Å². The zero-order valence-corrected chi connectivity index (χ0v) is 9.55.